The highest BCUT2D eigenvalue weighted by molar-refractivity contribution is 9.10. The maximum absolute atomic E-state index is 10.00. The van der Waals surface area contributed by atoms with Gasteiger partial charge in [0.2, 0.25) is 0 Å². The van der Waals surface area contributed by atoms with Crippen LogP contribution in [-0.4, -0.2) is 25.3 Å². The van der Waals surface area contributed by atoms with Crippen molar-refractivity contribution < 1.29 is 4.92 Å². The van der Waals surface area contributed by atoms with Crippen LogP contribution in [0.4, 0.5) is 5.69 Å². The van der Waals surface area contributed by atoms with Crippen LogP contribution in [0.25, 0.3) is 0 Å². The molecule has 0 aliphatic heterocycles. The SMILES string of the molecule is Brc1ccn[nH]1.O=[N+]([O-])c1cn[nH]c1Br. The molecule has 0 aromatic carbocycles. The molecule has 15 heavy (non-hydrogen) atoms. The first-order valence-electron chi connectivity index (χ1n) is 3.59. The van der Waals surface area contributed by atoms with Crippen LogP contribution in [-0.2, 0) is 0 Å². The highest BCUT2D eigenvalue weighted by atomic mass is 79.9. The minimum absolute atomic E-state index is 0.0463. The van der Waals surface area contributed by atoms with E-state index >= 15 is 0 Å². The van der Waals surface area contributed by atoms with Gasteiger partial charge in [-0.15, -0.1) is 0 Å². The Bertz CT molecular complexity index is 426. The summed E-state index contributed by atoms with van der Waals surface area (Å²) in [6.07, 6.45) is 2.83. The van der Waals surface area contributed by atoms with E-state index in [-0.39, 0.29) is 5.69 Å². The van der Waals surface area contributed by atoms with E-state index in [9.17, 15) is 10.1 Å². The van der Waals surface area contributed by atoms with E-state index in [0.29, 0.717) is 4.60 Å². The van der Waals surface area contributed by atoms with Crippen molar-refractivity contribution in [1.82, 2.24) is 20.4 Å². The van der Waals surface area contributed by atoms with Crippen molar-refractivity contribution in [3.05, 3.63) is 37.8 Å². The first-order valence-corrected chi connectivity index (χ1v) is 5.18. The minimum atomic E-state index is -0.520. The van der Waals surface area contributed by atoms with Gasteiger partial charge in [0.25, 0.3) is 0 Å². The van der Waals surface area contributed by atoms with Crippen molar-refractivity contribution in [2.24, 2.45) is 0 Å². The van der Waals surface area contributed by atoms with E-state index in [4.69, 9.17) is 0 Å². The van der Waals surface area contributed by atoms with Gasteiger partial charge in [-0.3, -0.25) is 20.3 Å². The molecule has 0 radical (unpaired) electrons. The highest BCUT2D eigenvalue weighted by Gasteiger charge is 2.11. The summed E-state index contributed by atoms with van der Waals surface area (Å²) in [4.78, 5) is 9.48. The fourth-order valence-corrected chi connectivity index (χ4v) is 1.20. The number of nitrogens with one attached hydrogen (secondary N) is 2. The largest absolute Gasteiger partial charge is 0.321 e. The number of halogens is 2. The molecule has 7 nitrogen and oxygen atoms in total. The third kappa shape index (κ3) is 3.80. The third-order valence-corrected chi connectivity index (χ3v) is 2.26. The summed E-state index contributed by atoms with van der Waals surface area (Å²) >= 11 is 6.07. The van der Waals surface area contributed by atoms with Crippen molar-refractivity contribution in [1.29, 1.82) is 0 Å². The zero-order chi connectivity index (χ0) is 11.3. The summed E-state index contributed by atoms with van der Waals surface area (Å²) in [5.41, 5.74) is -0.0463. The van der Waals surface area contributed by atoms with E-state index in [0.717, 1.165) is 10.8 Å². The maximum Gasteiger partial charge on any atom is 0.321 e. The minimum Gasteiger partial charge on any atom is -0.271 e. The fraction of sp³-hybridized carbons (Fsp3) is 0. The van der Waals surface area contributed by atoms with Gasteiger partial charge in [-0.1, -0.05) is 0 Å². The van der Waals surface area contributed by atoms with Gasteiger partial charge >= 0.3 is 5.69 Å². The number of hydrogen-bond donors (Lipinski definition) is 2. The second-order valence-electron chi connectivity index (χ2n) is 2.23. The molecule has 0 fully saturated rings. The monoisotopic (exact) mass is 337 g/mol. The molecule has 2 rings (SSSR count). The molecule has 0 amide bonds. The van der Waals surface area contributed by atoms with Crippen molar-refractivity contribution in [3.8, 4) is 0 Å². The normalized spacial score (nSPS) is 9.20. The van der Waals surface area contributed by atoms with Crippen LogP contribution in [0.1, 0.15) is 0 Å². The van der Waals surface area contributed by atoms with Crippen LogP contribution < -0.4 is 0 Å². The van der Waals surface area contributed by atoms with Crippen molar-refractivity contribution in [3.63, 3.8) is 0 Å². The number of rotatable bonds is 1. The molecule has 0 saturated carbocycles. The van der Waals surface area contributed by atoms with E-state index in [1.54, 1.807) is 6.20 Å². The van der Waals surface area contributed by atoms with Crippen LogP contribution >= 0.6 is 31.9 Å². The fourth-order valence-electron chi connectivity index (χ4n) is 0.630. The molecule has 0 spiro atoms. The zero-order valence-corrected chi connectivity index (χ0v) is 10.3. The first kappa shape index (κ1) is 11.9. The van der Waals surface area contributed by atoms with Crippen LogP contribution in [0.3, 0.4) is 0 Å². The van der Waals surface area contributed by atoms with E-state index < -0.39 is 4.92 Å². The van der Waals surface area contributed by atoms with E-state index in [1.165, 1.54) is 0 Å². The summed E-state index contributed by atoms with van der Waals surface area (Å²) in [6.45, 7) is 0. The molecule has 2 N–H and O–H groups in total. The Morgan fingerprint density at radius 1 is 1.33 bits per heavy atom. The van der Waals surface area contributed by atoms with Gasteiger partial charge in [-0.2, -0.15) is 10.2 Å². The Labute approximate surface area is 101 Å². The maximum atomic E-state index is 10.00. The number of aromatic amines is 2. The molecule has 80 valence electrons. The van der Waals surface area contributed by atoms with Gasteiger partial charge in [0.15, 0.2) is 4.60 Å². The van der Waals surface area contributed by atoms with Crippen molar-refractivity contribution in [2.75, 3.05) is 0 Å². The van der Waals surface area contributed by atoms with E-state index in [1.807, 2.05) is 6.07 Å². The average molecular weight is 339 g/mol. The second kappa shape index (κ2) is 5.61. The van der Waals surface area contributed by atoms with Gasteiger partial charge in [-0.05, 0) is 37.9 Å². The predicted octanol–water partition coefficient (Wildman–Crippen LogP) is 2.25. The Morgan fingerprint density at radius 3 is 2.27 bits per heavy atom. The lowest BCUT2D eigenvalue weighted by molar-refractivity contribution is -0.385. The molecule has 9 heteroatoms. The third-order valence-electron chi connectivity index (χ3n) is 1.24. The van der Waals surface area contributed by atoms with Gasteiger partial charge in [0, 0.05) is 6.20 Å². The van der Waals surface area contributed by atoms with Crippen LogP contribution in [0.2, 0.25) is 0 Å². The highest BCUT2D eigenvalue weighted by Crippen LogP contribution is 2.19. The number of hydrogen-bond acceptors (Lipinski definition) is 4. The topological polar surface area (TPSA) is 100 Å². The summed E-state index contributed by atoms with van der Waals surface area (Å²) in [6, 6.07) is 1.83. The van der Waals surface area contributed by atoms with Crippen molar-refractivity contribution in [2.45, 2.75) is 0 Å². The molecule has 0 bridgehead atoms. The molecule has 0 aliphatic carbocycles. The number of aromatic nitrogens is 4. The summed E-state index contributed by atoms with van der Waals surface area (Å²) in [5, 5.41) is 22.1. The molecule has 2 aromatic rings. The van der Waals surface area contributed by atoms with Gasteiger partial charge in [0.05, 0.1) is 4.92 Å². The molecule has 0 aliphatic rings. The first-order chi connectivity index (χ1) is 7.11. The Balaban J connectivity index is 0.000000162. The molecule has 0 atom stereocenters. The lowest BCUT2D eigenvalue weighted by Gasteiger charge is -1.80. The Kier molecular flexibility index (Phi) is 4.43. The van der Waals surface area contributed by atoms with Crippen LogP contribution in [0, 0.1) is 10.1 Å². The number of nitro groups is 1. The predicted molar refractivity (Wildman–Crippen MR) is 59.2 cm³/mol. The van der Waals surface area contributed by atoms with Crippen molar-refractivity contribution >= 4 is 37.5 Å². The molecular weight excluding hydrogens is 334 g/mol. The van der Waals surface area contributed by atoms with E-state index in [2.05, 4.69) is 52.3 Å². The number of nitrogens with zero attached hydrogens (tertiary/aromatic N) is 3. The molecule has 0 unspecified atom stereocenters. The summed E-state index contributed by atoms with van der Waals surface area (Å²) < 4.78 is 1.22. The molecule has 2 aromatic heterocycles. The van der Waals surface area contributed by atoms with Crippen LogP contribution in [0.15, 0.2) is 27.7 Å². The van der Waals surface area contributed by atoms with Gasteiger partial charge in [0.1, 0.15) is 10.8 Å². The summed E-state index contributed by atoms with van der Waals surface area (Å²) in [7, 11) is 0. The quantitative estimate of drug-likeness (QED) is 0.615. The smallest absolute Gasteiger partial charge is 0.271 e. The number of H-pyrrole nitrogens is 2. The second-order valence-corrected chi connectivity index (χ2v) is 3.88. The standard InChI is InChI=1S/C3H2BrN3O2.C3H3BrN2/c4-3-2(7(8)9)1-5-6-3;4-3-1-2-5-6-3/h1H,(H,5,6);1-2H,(H,5,6). The lowest BCUT2D eigenvalue weighted by Crippen LogP contribution is -1.84. The Morgan fingerprint density at radius 2 is 2.07 bits per heavy atom. The molecule has 2 heterocycles. The summed E-state index contributed by atoms with van der Waals surface area (Å²) in [5.74, 6) is 0. The van der Waals surface area contributed by atoms with Gasteiger partial charge in [-0.25, -0.2) is 0 Å². The lowest BCUT2D eigenvalue weighted by atomic mass is 10.6. The zero-order valence-electron chi connectivity index (χ0n) is 7.15. The van der Waals surface area contributed by atoms with Gasteiger partial charge < -0.3 is 0 Å². The van der Waals surface area contributed by atoms with Crippen LogP contribution in [0.5, 0.6) is 0 Å². The average Bonchev–Trinajstić information content (AvgIpc) is 2.77. The molecule has 0 saturated heterocycles. The Hall–Kier alpha value is -1.22. The molecular formula is C6H5Br2N5O2.